The molecule has 158 valence electrons. The maximum absolute atomic E-state index is 12.7. The fourth-order valence-electron chi connectivity index (χ4n) is 4.31. The normalized spacial score (nSPS) is 19.8. The Kier molecular flexibility index (Phi) is 7.43. The van der Waals surface area contributed by atoms with Crippen LogP contribution >= 0.6 is 0 Å². The van der Waals surface area contributed by atoms with Crippen LogP contribution in [0.25, 0.3) is 11.6 Å². The van der Waals surface area contributed by atoms with Crippen LogP contribution in [-0.4, -0.2) is 0 Å². The van der Waals surface area contributed by atoms with E-state index in [9.17, 15) is 13.2 Å². The lowest BCUT2D eigenvalue weighted by Gasteiger charge is -2.28. The van der Waals surface area contributed by atoms with E-state index in [0.717, 1.165) is 41.2 Å². The molecule has 0 bridgehead atoms. The molecule has 1 fully saturated rings. The standard InChI is InChI=1S/C27H29F3/c1-3-4-5-6-21-7-11-24(12-8-21)25-13-9-22(10-14-25)19-20(2)23-15-17-26(18-16-23)27(28,29)30/h9-10,13-19,21,24H,5-8,11-12H2,1-2H3. The molecular formula is C27H29F3. The third-order valence-electron chi connectivity index (χ3n) is 6.16. The molecule has 2 aromatic carbocycles. The molecule has 0 nitrogen and oxygen atoms in total. The van der Waals surface area contributed by atoms with E-state index in [4.69, 9.17) is 0 Å². The number of alkyl halides is 3. The third kappa shape index (κ3) is 6.02. The molecule has 0 aliphatic heterocycles. The van der Waals surface area contributed by atoms with E-state index in [1.165, 1.54) is 49.8 Å². The van der Waals surface area contributed by atoms with Crippen molar-refractivity contribution in [2.75, 3.05) is 0 Å². The molecule has 0 spiro atoms. The molecule has 1 aliphatic rings. The summed E-state index contributed by atoms with van der Waals surface area (Å²) in [5, 5.41) is 0. The average Bonchev–Trinajstić information content (AvgIpc) is 2.74. The van der Waals surface area contributed by atoms with Crippen LogP contribution in [0.4, 0.5) is 13.2 Å². The summed E-state index contributed by atoms with van der Waals surface area (Å²) in [7, 11) is 0. The minimum absolute atomic E-state index is 0.614. The Morgan fingerprint density at radius 2 is 1.60 bits per heavy atom. The van der Waals surface area contributed by atoms with Gasteiger partial charge in [0.15, 0.2) is 0 Å². The van der Waals surface area contributed by atoms with Crippen molar-refractivity contribution in [3.8, 4) is 11.8 Å². The smallest absolute Gasteiger partial charge is 0.166 e. The number of halogens is 3. The van der Waals surface area contributed by atoms with Gasteiger partial charge in [-0.05, 0) is 92.2 Å². The molecule has 3 rings (SSSR count). The second kappa shape index (κ2) is 10.0. The Balaban J connectivity index is 1.59. The fourth-order valence-corrected chi connectivity index (χ4v) is 4.31. The van der Waals surface area contributed by atoms with Crippen LogP contribution in [0.3, 0.4) is 0 Å². The van der Waals surface area contributed by atoms with E-state index in [1.807, 2.05) is 19.9 Å². The topological polar surface area (TPSA) is 0 Å². The van der Waals surface area contributed by atoms with E-state index in [2.05, 4.69) is 36.1 Å². The predicted octanol–water partition coefficient (Wildman–Crippen LogP) is 8.34. The second-order valence-electron chi connectivity index (χ2n) is 8.25. The molecule has 0 unspecified atom stereocenters. The van der Waals surface area contributed by atoms with Crippen molar-refractivity contribution in [2.45, 2.75) is 64.5 Å². The third-order valence-corrected chi connectivity index (χ3v) is 6.16. The largest absolute Gasteiger partial charge is 0.416 e. The Bertz CT molecular complexity index is 898. The molecule has 30 heavy (non-hydrogen) atoms. The molecule has 1 aliphatic carbocycles. The number of hydrogen-bond acceptors (Lipinski definition) is 0. The quantitative estimate of drug-likeness (QED) is 0.343. The van der Waals surface area contributed by atoms with Crippen molar-refractivity contribution >= 4 is 11.6 Å². The van der Waals surface area contributed by atoms with Crippen molar-refractivity contribution in [3.05, 3.63) is 70.8 Å². The van der Waals surface area contributed by atoms with Crippen molar-refractivity contribution in [1.29, 1.82) is 0 Å². The van der Waals surface area contributed by atoms with Crippen LogP contribution < -0.4 is 0 Å². The van der Waals surface area contributed by atoms with Gasteiger partial charge >= 0.3 is 6.18 Å². The van der Waals surface area contributed by atoms with E-state index >= 15 is 0 Å². The van der Waals surface area contributed by atoms with Gasteiger partial charge in [-0.15, -0.1) is 11.8 Å². The Morgan fingerprint density at radius 3 is 2.17 bits per heavy atom. The molecular weight excluding hydrogens is 381 g/mol. The molecule has 3 heteroatoms. The number of allylic oxidation sites excluding steroid dienone is 1. The molecule has 0 heterocycles. The minimum Gasteiger partial charge on any atom is -0.166 e. The maximum atomic E-state index is 12.7. The monoisotopic (exact) mass is 410 g/mol. The summed E-state index contributed by atoms with van der Waals surface area (Å²) in [4.78, 5) is 0. The predicted molar refractivity (Wildman–Crippen MR) is 119 cm³/mol. The minimum atomic E-state index is -4.30. The summed E-state index contributed by atoms with van der Waals surface area (Å²) < 4.78 is 38.2. The lowest BCUT2D eigenvalue weighted by molar-refractivity contribution is -0.137. The fraction of sp³-hybridized carbons (Fsp3) is 0.407. The van der Waals surface area contributed by atoms with Crippen LogP contribution in [0.2, 0.25) is 0 Å². The van der Waals surface area contributed by atoms with Crippen LogP contribution in [0.1, 0.15) is 80.5 Å². The Hall–Kier alpha value is -2.47. The summed E-state index contributed by atoms with van der Waals surface area (Å²) in [6, 6.07) is 14.0. The first-order valence-corrected chi connectivity index (χ1v) is 10.7. The highest BCUT2D eigenvalue weighted by atomic mass is 19.4. The summed E-state index contributed by atoms with van der Waals surface area (Å²) in [5.74, 6) is 7.60. The van der Waals surface area contributed by atoms with Gasteiger partial charge in [0, 0.05) is 6.42 Å². The summed E-state index contributed by atoms with van der Waals surface area (Å²) >= 11 is 0. The molecule has 0 radical (unpaired) electrons. The highest BCUT2D eigenvalue weighted by molar-refractivity contribution is 5.80. The summed E-state index contributed by atoms with van der Waals surface area (Å²) in [5.41, 5.74) is 3.61. The van der Waals surface area contributed by atoms with Crippen LogP contribution in [0.15, 0.2) is 48.5 Å². The van der Waals surface area contributed by atoms with Gasteiger partial charge in [-0.2, -0.15) is 13.2 Å². The summed E-state index contributed by atoms with van der Waals surface area (Å²) in [6.07, 6.45) is 5.02. The number of rotatable bonds is 5. The molecule has 0 saturated heterocycles. The molecule has 0 atom stereocenters. The van der Waals surface area contributed by atoms with Crippen molar-refractivity contribution in [1.82, 2.24) is 0 Å². The highest BCUT2D eigenvalue weighted by Gasteiger charge is 2.30. The maximum Gasteiger partial charge on any atom is 0.416 e. The van der Waals surface area contributed by atoms with Gasteiger partial charge in [-0.1, -0.05) is 42.5 Å². The SMILES string of the molecule is CC#CCCC1CCC(c2ccc(C=C(C)c3ccc(C(F)(F)F)cc3)cc2)CC1. The molecule has 0 aromatic heterocycles. The molecule has 0 amide bonds. The first kappa shape index (κ1) is 22.2. The van der Waals surface area contributed by atoms with E-state index in [1.54, 1.807) is 0 Å². The Morgan fingerprint density at radius 1 is 0.967 bits per heavy atom. The van der Waals surface area contributed by atoms with Gasteiger partial charge in [-0.25, -0.2) is 0 Å². The lowest BCUT2D eigenvalue weighted by atomic mass is 9.77. The zero-order valence-corrected chi connectivity index (χ0v) is 17.7. The molecule has 2 aromatic rings. The van der Waals surface area contributed by atoms with Crippen molar-refractivity contribution < 1.29 is 13.2 Å². The zero-order chi connectivity index (χ0) is 21.6. The van der Waals surface area contributed by atoms with Crippen LogP contribution in [0, 0.1) is 17.8 Å². The van der Waals surface area contributed by atoms with Gasteiger partial charge in [-0.3, -0.25) is 0 Å². The van der Waals surface area contributed by atoms with Gasteiger partial charge in [0.2, 0.25) is 0 Å². The Labute approximate surface area is 178 Å². The number of benzene rings is 2. The molecule has 1 saturated carbocycles. The van der Waals surface area contributed by atoms with E-state index in [0.29, 0.717) is 5.92 Å². The van der Waals surface area contributed by atoms with Gasteiger partial charge in [0.05, 0.1) is 5.56 Å². The van der Waals surface area contributed by atoms with Crippen LogP contribution in [-0.2, 0) is 6.18 Å². The van der Waals surface area contributed by atoms with Gasteiger partial charge < -0.3 is 0 Å². The van der Waals surface area contributed by atoms with Crippen molar-refractivity contribution in [2.24, 2.45) is 5.92 Å². The molecule has 0 N–H and O–H groups in total. The van der Waals surface area contributed by atoms with E-state index in [-0.39, 0.29) is 0 Å². The first-order chi connectivity index (χ1) is 14.4. The van der Waals surface area contributed by atoms with Crippen LogP contribution in [0.5, 0.6) is 0 Å². The van der Waals surface area contributed by atoms with Crippen molar-refractivity contribution in [3.63, 3.8) is 0 Å². The van der Waals surface area contributed by atoms with Gasteiger partial charge in [0.25, 0.3) is 0 Å². The summed E-state index contributed by atoms with van der Waals surface area (Å²) in [6.45, 7) is 3.83. The lowest BCUT2D eigenvalue weighted by Crippen LogP contribution is -2.13. The van der Waals surface area contributed by atoms with Gasteiger partial charge in [0.1, 0.15) is 0 Å². The second-order valence-corrected chi connectivity index (χ2v) is 8.25. The highest BCUT2D eigenvalue weighted by Crippen LogP contribution is 2.37. The first-order valence-electron chi connectivity index (χ1n) is 10.7. The number of hydrogen-bond donors (Lipinski definition) is 0. The van der Waals surface area contributed by atoms with E-state index < -0.39 is 11.7 Å². The average molecular weight is 411 g/mol. The zero-order valence-electron chi connectivity index (χ0n) is 17.7.